The lowest BCUT2D eigenvalue weighted by Gasteiger charge is -2.31. The van der Waals surface area contributed by atoms with Crippen molar-refractivity contribution in [3.05, 3.63) is 29.3 Å². The van der Waals surface area contributed by atoms with Crippen LogP contribution in [0.1, 0.15) is 41.6 Å². The van der Waals surface area contributed by atoms with E-state index in [1.807, 2.05) is 0 Å². The van der Waals surface area contributed by atoms with Crippen LogP contribution in [-0.2, 0) is 9.59 Å². The Hall–Kier alpha value is -2.37. The predicted octanol–water partition coefficient (Wildman–Crippen LogP) is -0.147. The van der Waals surface area contributed by atoms with Crippen molar-refractivity contribution >= 4 is 23.5 Å². The molecule has 1 aromatic carbocycles. The first-order valence-electron chi connectivity index (χ1n) is 7.24. The normalized spacial score (nSPS) is 21.1. The minimum absolute atomic E-state index is 0.0407. The SMILES string of the molecule is Cc1ccc(C(=O)[O-])cc1NC(=O)[C@H]1CCCC[C@@H]1C(=O)[O-]. The Morgan fingerprint density at radius 2 is 1.73 bits per heavy atom. The Labute approximate surface area is 128 Å². The maximum Gasteiger partial charge on any atom is 0.228 e. The van der Waals surface area contributed by atoms with Crippen LogP contribution in [0.25, 0.3) is 0 Å². The molecular weight excluding hydrogens is 286 g/mol. The minimum Gasteiger partial charge on any atom is -0.550 e. The summed E-state index contributed by atoms with van der Waals surface area (Å²) in [6.45, 7) is 1.73. The lowest BCUT2D eigenvalue weighted by molar-refractivity contribution is -0.313. The molecule has 22 heavy (non-hydrogen) atoms. The molecule has 0 aliphatic heterocycles. The van der Waals surface area contributed by atoms with Gasteiger partial charge < -0.3 is 25.1 Å². The third-order valence-electron chi connectivity index (χ3n) is 4.14. The van der Waals surface area contributed by atoms with E-state index in [-0.39, 0.29) is 5.56 Å². The molecule has 1 aliphatic rings. The molecule has 0 radical (unpaired) electrons. The number of hydrogen-bond acceptors (Lipinski definition) is 5. The molecule has 0 unspecified atom stereocenters. The number of nitrogens with one attached hydrogen (secondary N) is 1. The first-order chi connectivity index (χ1) is 10.4. The van der Waals surface area contributed by atoms with Crippen molar-refractivity contribution in [1.82, 2.24) is 0 Å². The van der Waals surface area contributed by atoms with E-state index in [2.05, 4.69) is 5.32 Å². The van der Waals surface area contributed by atoms with Gasteiger partial charge in [-0.25, -0.2) is 0 Å². The number of carbonyl (C=O) groups excluding carboxylic acids is 3. The largest absolute Gasteiger partial charge is 0.550 e. The number of aromatic carboxylic acids is 1. The number of carboxylic acids is 2. The van der Waals surface area contributed by atoms with Crippen LogP contribution >= 0.6 is 0 Å². The fraction of sp³-hybridized carbons (Fsp3) is 0.438. The number of amides is 1. The number of aryl methyl sites for hydroxylation is 1. The maximum atomic E-state index is 12.4. The second kappa shape index (κ2) is 6.60. The van der Waals surface area contributed by atoms with E-state index in [4.69, 9.17) is 0 Å². The van der Waals surface area contributed by atoms with Crippen LogP contribution < -0.4 is 15.5 Å². The molecule has 1 fully saturated rings. The number of carbonyl (C=O) groups is 3. The van der Waals surface area contributed by atoms with Crippen molar-refractivity contribution in [1.29, 1.82) is 0 Å². The zero-order chi connectivity index (χ0) is 16.3. The van der Waals surface area contributed by atoms with Crippen LogP contribution in [-0.4, -0.2) is 17.8 Å². The summed E-state index contributed by atoms with van der Waals surface area (Å²) >= 11 is 0. The standard InChI is InChI=1S/C16H19NO5/c1-9-6-7-10(15(19)20)8-13(9)17-14(18)11-4-2-3-5-12(11)16(21)22/h6-8,11-12H,2-5H2,1H3,(H,17,18)(H,19,20)(H,21,22)/p-2/t11-,12-/m0/s1. The van der Waals surface area contributed by atoms with E-state index in [0.717, 1.165) is 12.8 Å². The Morgan fingerprint density at radius 3 is 2.32 bits per heavy atom. The first-order valence-corrected chi connectivity index (χ1v) is 7.24. The molecule has 1 saturated carbocycles. The number of aliphatic carboxylic acids is 1. The summed E-state index contributed by atoms with van der Waals surface area (Å²) in [6.07, 6.45) is 2.48. The highest BCUT2D eigenvalue weighted by Crippen LogP contribution is 2.31. The molecule has 6 heteroatoms. The minimum atomic E-state index is -1.33. The summed E-state index contributed by atoms with van der Waals surface area (Å²) in [6, 6.07) is 4.28. The molecule has 0 saturated heterocycles. The van der Waals surface area contributed by atoms with Gasteiger partial charge in [0.05, 0.1) is 5.97 Å². The molecule has 118 valence electrons. The second-order valence-electron chi connectivity index (χ2n) is 5.62. The summed E-state index contributed by atoms with van der Waals surface area (Å²) in [5.74, 6) is -4.39. The van der Waals surface area contributed by atoms with Gasteiger partial charge in [0.1, 0.15) is 0 Å². The van der Waals surface area contributed by atoms with Gasteiger partial charge in [-0.3, -0.25) is 4.79 Å². The van der Waals surface area contributed by atoms with Gasteiger partial charge in [-0.1, -0.05) is 25.0 Å². The molecule has 0 aromatic heterocycles. The Morgan fingerprint density at radius 1 is 1.09 bits per heavy atom. The highest BCUT2D eigenvalue weighted by atomic mass is 16.4. The molecule has 1 aromatic rings. The maximum absolute atomic E-state index is 12.4. The number of carboxylic acid groups (broad SMARTS) is 2. The summed E-state index contributed by atoms with van der Waals surface area (Å²) in [7, 11) is 0. The topological polar surface area (TPSA) is 109 Å². The molecule has 2 rings (SSSR count). The summed E-state index contributed by atoms with van der Waals surface area (Å²) in [5, 5.41) is 24.7. The van der Waals surface area contributed by atoms with E-state index in [1.54, 1.807) is 13.0 Å². The van der Waals surface area contributed by atoms with Crippen molar-refractivity contribution in [3.8, 4) is 0 Å². The number of benzene rings is 1. The van der Waals surface area contributed by atoms with Crippen LogP contribution in [0, 0.1) is 18.8 Å². The van der Waals surface area contributed by atoms with Gasteiger partial charge in [-0.05, 0) is 37.0 Å². The summed E-state index contributed by atoms with van der Waals surface area (Å²) in [4.78, 5) is 34.4. The third-order valence-corrected chi connectivity index (χ3v) is 4.14. The van der Waals surface area contributed by atoms with Gasteiger partial charge in [-0.2, -0.15) is 0 Å². The molecule has 1 amide bonds. The van der Waals surface area contributed by atoms with E-state index >= 15 is 0 Å². The molecule has 0 spiro atoms. The molecule has 0 heterocycles. The molecule has 1 aliphatic carbocycles. The van der Waals surface area contributed by atoms with Crippen molar-refractivity contribution in [2.75, 3.05) is 5.32 Å². The highest BCUT2D eigenvalue weighted by Gasteiger charge is 2.31. The average Bonchev–Trinajstić information content (AvgIpc) is 2.49. The molecule has 2 atom stereocenters. The Kier molecular flexibility index (Phi) is 4.80. The smallest absolute Gasteiger partial charge is 0.228 e. The van der Waals surface area contributed by atoms with Crippen molar-refractivity contribution < 1.29 is 24.6 Å². The fourth-order valence-corrected chi connectivity index (χ4v) is 2.84. The Balaban J connectivity index is 2.19. The molecule has 1 N–H and O–H groups in total. The quantitative estimate of drug-likeness (QED) is 0.832. The van der Waals surface area contributed by atoms with Crippen LogP contribution in [0.2, 0.25) is 0 Å². The van der Waals surface area contributed by atoms with E-state index in [9.17, 15) is 24.6 Å². The fourth-order valence-electron chi connectivity index (χ4n) is 2.84. The Bertz CT molecular complexity index is 611. The lowest BCUT2D eigenvalue weighted by atomic mass is 9.78. The summed E-state index contributed by atoms with van der Waals surface area (Å²) < 4.78 is 0. The van der Waals surface area contributed by atoms with Gasteiger partial charge in [0.2, 0.25) is 5.91 Å². The van der Waals surface area contributed by atoms with Crippen LogP contribution in [0.4, 0.5) is 5.69 Å². The van der Waals surface area contributed by atoms with E-state index in [0.29, 0.717) is 24.1 Å². The van der Waals surface area contributed by atoms with Gasteiger partial charge >= 0.3 is 0 Å². The zero-order valence-electron chi connectivity index (χ0n) is 12.3. The molecular formula is C16H17NO5-2. The van der Waals surface area contributed by atoms with Crippen molar-refractivity contribution in [2.45, 2.75) is 32.6 Å². The van der Waals surface area contributed by atoms with E-state index < -0.39 is 29.7 Å². The average molecular weight is 303 g/mol. The van der Waals surface area contributed by atoms with Gasteiger partial charge in [0.15, 0.2) is 0 Å². The zero-order valence-corrected chi connectivity index (χ0v) is 12.3. The lowest BCUT2D eigenvalue weighted by Crippen LogP contribution is -2.42. The second-order valence-corrected chi connectivity index (χ2v) is 5.62. The van der Waals surface area contributed by atoms with Crippen molar-refractivity contribution in [2.24, 2.45) is 11.8 Å². The van der Waals surface area contributed by atoms with E-state index in [1.165, 1.54) is 12.1 Å². The third kappa shape index (κ3) is 3.44. The number of rotatable bonds is 4. The van der Waals surface area contributed by atoms with Gasteiger partial charge in [0.25, 0.3) is 0 Å². The first kappa shape index (κ1) is 16.0. The number of anilines is 1. The predicted molar refractivity (Wildman–Crippen MR) is 74.6 cm³/mol. The molecule has 0 bridgehead atoms. The summed E-state index contributed by atoms with van der Waals surface area (Å²) in [5.41, 5.74) is 1.01. The molecule has 6 nitrogen and oxygen atoms in total. The van der Waals surface area contributed by atoms with Gasteiger partial charge in [0, 0.05) is 23.5 Å². The van der Waals surface area contributed by atoms with Crippen LogP contribution in [0.3, 0.4) is 0 Å². The monoisotopic (exact) mass is 303 g/mol. The van der Waals surface area contributed by atoms with Crippen molar-refractivity contribution in [3.63, 3.8) is 0 Å². The van der Waals surface area contributed by atoms with Crippen LogP contribution in [0.15, 0.2) is 18.2 Å². The highest BCUT2D eigenvalue weighted by molar-refractivity contribution is 5.97. The number of hydrogen-bond donors (Lipinski definition) is 1. The van der Waals surface area contributed by atoms with Gasteiger partial charge in [-0.15, -0.1) is 0 Å². The van der Waals surface area contributed by atoms with Crippen LogP contribution in [0.5, 0.6) is 0 Å².